The molecule has 1 aromatic rings. The molecule has 18 heavy (non-hydrogen) atoms. The van der Waals surface area contributed by atoms with Gasteiger partial charge in [-0.15, -0.1) is 0 Å². The van der Waals surface area contributed by atoms with E-state index in [0.717, 1.165) is 12.8 Å². The van der Waals surface area contributed by atoms with E-state index >= 15 is 0 Å². The molecule has 0 atom stereocenters. The van der Waals surface area contributed by atoms with E-state index in [0.29, 0.717) is 18.4 Å². The van der Waals surface area contributed by atoms with Gasteiger partial charge in [-0.25, -0.2) is 4.79 Å². The van der Waals surface area contributed by atoms with Crippen molar-refractivity contribution < 1.29 is 19.8 Å². The fourth-order valence-corrected chi connectivity index (χ4v) is 2.27. The van der Waals surface area contributed by atoms with Gasteiger partial charge < -0.3 is 15.5 Å². The Kier molecular flexibility index (Phi) is 3.23. The number of hydrogen-bond donors (Lipinski definition) is 3. The maximum Gasteiger partial charge on any atom is 0.329 e. The molecule has 1 saturated carbocycles. The van der Waals surface area contributed by atoms with Gasteiger partial charge in [-0.1, -0.05) is 12.8 Å². The largest absolute Gasteiger partial charge is 0.508 e. The minimum Gasteiger partial charge on any atom is -0.508 e. The normalized spacial score (nSPS) is 17.3. The number of carboxylic acids is 1. The summed E-state index contributed by atoms with van der Waals surface area (Å²) in [6.45, 7) is 0. The lowest BCUT2D eigenvalue weighted by atomic mass is 9.97. The number of phenolic OH excluding ortho intramolecular Hbond substituents is 1. The summed E-state index contributed by atoms with van der Waals surface area (Å²) in [5, 5.41) is 21.0. The molecule has 96 valence electrons. The van der Waals surface area contributed by atoms with E-state index in [1.54, 1.807) is 0 Å². The third-order valence-corrected chi connectivity index (χ3v) is 3.35. The number of phenols is 1. The zero-order chi connectivity index (χ0) is 13.2. The molecule has 1 aliphatic rings. The fourth-order valence-electron chi connectivity index (χ4n) is 2.27. The number of benzene rings is 1. The van der Waals surface area contributed by atoms with Crippen LogP contribution in [0.1, 0.15) is 36.0 Å². The van der Waals surface area contributed by atoms with Crippen molar-refractivity contribution in [3.05, 3.63) is 29.8 Å². The van der Waals surface area contributed by atoms with Crippen molar-refractivity contribution in [3.8, 4) is 5.75 Å². The second kappa shape index (κ2) is 4.68. The van der Waals surface area contributed by atoms with Gasteiger partial charge in [0.15, 0.2) is 0 Å². The Morgan fingerprint density at radius 1 is 1.11 bits per heavy atom. The Morgan fingerprint density at radius 2 is 1.67 bits per heavy atom. The zero-order valence-electron chi connectivity index (χ0n) is 9.85. The van der Waals surface area contributed by atoms with Gasteiger partial charge in [0.25, 0.3) is 5.91 Å². The Bertz CT molecular complexity index is 460. The van der Waals surface area contributed by atoms with Crippen molar-refractivity contribution in [2.24, 2.45) is 0 Å². The molecule has 1 aromatic carbocycles. The van der Waals surface area contributed by atoms with Crippen molar-refractivity contribution in [2.75, 3.05) is 0 Å². The minimum absolute atomic E-state index is 0.0698. The number of carboxylic acid groups (broad SMARTS) is 1. The second-order valence-corrected chi connectivity index (χ2v) is 4.60. The van der Waals surface area contributed by atoms with Crippen LogP contribution in [0.15, 0.2) is 24.3 Å². The molecule has 1 amide bonds. The molecule has 5 heteroatoms. The topological polar surface area (TPSA) is 86.6 Å². The van der Waals surface area contributed by atoms with Crippen LogP contribution in [0.4, 0.5) is 0 Å². The van der Waals surface area contributed by atoms with Crippen LogP contribution in [0.5, 0.6) is 5.75 Å². The van der Waals surface area contributed by atoms with Gasteiger partial charge in [-0.2, -0.15) is 0 Å². The van der Waals surface area contributed by atoms with Crippen molar-refractivity contribution >= 4 is 11.9 Å². The first-order valence-electron chi connectivity index (χ1n) is 5.88. The Balaban J connectivity index is 2.15. The molecule has 0 heterocycles. The van der Waals surface area contributed by atoms with Gasteiger partial charge in [-0.3, -0.25) is 4.79 Å². The Hall–Kier alpha value is -2.04. The lowest BCUT2D eigenvalue weighted by Gasteiger charge is -2.25. The van der Waals surface area contributed by atoms with Gasteiger partial charge in [0.2, 0.25) is 0 Å². The van der Waals surface area contributed by atoms with E-state index in [2.05, 4.69) is 5.32 Å². The van der Waals surface area contributed by atoms with Crippen molar-refractivity contribution in [1.82, 2.24) is 5.32 Å². The van der Waals surface area contributed by atoms with E-state index in [9.17, 15) is 14.7 Å². The van der Waals surface area contributed by atoms with Crippen molar-refractivity contribution in [3.63, 3.8) is 0 Å². The van der Waals surface area contributed by atoms with Crippen molar-refractivity contribution in [1.29, 1.82) is 0 Å². The van der Waals surface area contributed by atoms with Gasteiger partial charge in [0, 0.05) is 5.56 Å². The highest BCUT2D eigenvalue weighted by atomic mass is 16.4. The maximum atomic E-state index is 12.0. The molecule has 0 spiro atoms. The predicted molar refractivity (Wildman–Crippen MR) is 64.4 cm³/mol. The first-order chi connectivity index (χ1) is 8.53. The van der Waals surface area contributed by atoms with Gasteiger partial charge in [0.05, 0.1) is 0 Å². The van der Waals surface area contributed by atoms with Crippen molar-refractivity contribution in [2.45, 2.75) is 31.2 Å². The lowest BCUT2D eigenvalue weighted by Crippen LogP contribution is -2.52. The van der Waals surface area contributed by atoms with Crippen LogP contribution in [-0.2, 0) is 4.79 Å². The molecule has 2 rings (SSSR count). The summed E-state index contributed by atoms with van der Waals surface area (Å²) in [5.74, 6) is -1.33. The van der Waals surface area contributed by atoms with E-state index in [1.165, 1.54) is 24.3 Å². The predicted octanol–water partition coefficient (Wildman–Crippen LogP) is 1.52. The van der Waals surface area contributed by atoms with Gasteiger partial charge >= 0.3 is 5.97 Å². The molecule has 5 nitrogen and oxygen atoms in total. The summed E-state index contributed by atoms with van der Waals surface area (Å²) in [6, 6.07) is 5.73. The van der Waals surface area contributed by atoms with Crippen LogP contribution in [0.3, 0.4) is 0 Å². The van der Waals surface area contributed by atoms with Crippen LogP contribution < -0.4 is 5.32 Å². The number of aliphatic carboxylic acids is 1. The average molecular weight is 249 g/mol. The number of rotatable bonds is 3. The smallest absolute Gasteiger partial charge is 0.329 e. The molecule has 0 saturated heterocycles. The van der Waals surface area contributed by atoms with Crippen LogP contribution in [-0.4, -0.2) is 27.6 Å². The molecule has 0 aliphatic heterocycles. The summed E-state index contributed by atoms with van der Waals surface area (Å²) in [6.07, 6.45) is 2.54. The molecule has 1 fully saturated rings. The molecule has 0 radical (unpaired) electrons. The van der Waals surface area contributed by atoms with E-state index in [-0.39, 0.29) is 5.75 Å². The molecular weight excluding hydrogens is 234 g/mol. The van der Waals surface area contributed by atoms with Crippen LogP contribution in [0, 0.1) is 0 Å². The Labute approximate surface area is 104 Å². The molecule has 0 aromatic heterocycles. The van der Waals surface area contributed by atoms with Crippen LogP contribution in [0.25, 0.3) is 0 Å². The van der Waals surface area contributed by atoms with Gasteiger partial charge in [-0.05, 0) is 37.1 Å². The number of amides is 1. The highest BCUT2D eigenvalue weighted by Gasteiger charge is 2.42. The molecular formula is C13H15NO4. The van der Waals surface area contributed by atoms with Crippen LogP contribution >= 0.6 is 0 Å². The third kappa shape index (κ3) is 2.30. The summed E-state index contributed by atoms with van der Waals surface area (Å²) >= 11 is 0. The lowest BCUT2D eigenvalue weighted by molar-refractivity contribution is -0.144. The van der Waals surface area contributed by atoms with E-state index in [1.807, 2.05) is 0 Å². The number of hydrogen-bond acceptors (Lipinski definition) is 3. The summed E-state index contributed by atoms with van der Waals surface area (Å²) < 4.78 is 0. The first-order valence-corrected chi connectivity index (χ1v) is 5.88. The van der Waals surface area contributed by atoms with Crippen LogP contribution in [0.2, 0.25) is 0 Å². The number of nitrogens with one attached hydrogen (secondary N) is 1. The van der Waals surface area contributed by atoms with Gasteiger partial charge in [0.1, 0.15) is 11.3 Å². The third-order valence-electron chi connectivity index (χ3n) is 3.35. The zero-order valence-corrected chi connectivity index (χ0v) is 9.85. The molecule has 1 aliphatic carbocycles. The highest BCUT2D eigenvalue weighted by Crippen LogP contribution is 2.30. The number of aromatic hydroxyl groups is 1. The minimum atomic E-state index is -1.13. The number of carbonyl (C=O) groups is 2. The Morgan fingerprint density at radius 3 is 2.17 bits per heavy atom. The van der Waals surface area contributed by atoms with E-state index in [4.69, 9.17) is 5.11 Å². The average Bonchev–Trinajstić information content (AvgIpc) is 2.79. The first kappa shape index (κ1) is 12.4. The second-order valence-electron chi connectivity index (χ2n) is 4.60. The molecule has 3 N–H and O–H groups in total. The van der Waals surface area contributed by atoms with E-state index < -0.39 is 17.4 Å². The quantitative estimate of drug-likeness (QED) is 0.758. The number of carbonyl (C=O) groups excluding carboxylic acids is 1. The summed E-state index contributed by atoms with van der Waals surface area (Å²) in [4.78, 5) is 23.3. The standard InChI is InChI=1S/C13H15NO4/c15-10-5-3-9(4-6-10)11(16)14-13(12(17)18)7-1-2-8-13/h3-6,15H,1-2,7-8H2,(H,14,16)(H,17,18). The monoisotopic (exact) mass is 249 g/mol. The SMILES string of the molecule is O=C(NC1(C(=O)O)CCCC1)c1ccc(O)cc1. The summed E-state index contributed by atoms with van der Waals surface area (Å²) in [5.41, 5.74) is -0.782. The molecule has 0 bridgehead atoms. The fraction of sp³-hybridized carbons (Fsp3) is 0.385. The molecule has 0 unspecified atom stereocenters. The highest BCUT2D eigenvalue weighted by molar-refractivity contribution is 5.98. The summed E-state index contributed by atoms with van der Waals surface area (Å²) in [7, 11) is 0. The maximum absolute atomic E-state index is 12.0.